The van der Waals surface area contributed by atoms with Crippen LogP contribution in [0.15, 0.2) is 47.8 Å². The number of aryl methyl sites for hydroxylation is 1. The zero-order valence-corrected chi connectivity index (χ0v) is 13.0. The molecule has 0 aliphatic rings. The molecular formula is C18H19NOS. The van der Waals surface area contributed by atoms with Gasteiger partial charge in [-0.2, -0.15) is 0 Å². The molecule has 3 aromatic rings. The Morgan fingerprint density at radius 3 is 2.81 bits per heavy atom. The van der Waals surface area contributed by atoms with Crippen molar-refractivity contribution in [3.8, 4) is 5.75 Å². The molecular weight excluding hydrogens is 278 g/mol. The second kappa shape index (κ2) is 6.29. The fourth-order valence-electron chi connectivity index (χ4n) is 2.50. The molecule has 0 saturated carbocycles. The maximum Gasteiger partial charge on any atom is 0.123 e. The van der Waals surface area contributed by atoms with Gasteiger partial charge < -0.3 is 10.5 Å². The van der Waals surface area contributed by atoms with Crippen LogP contribution in [0.4, 0.5) is 0 Å². The Bertz CT molecular complexity index is 748. The van der Waals surface area contributed by atoms with Crippen LogP contribution in [0, 0.1) is 6.92 Å². The van der Waals surface area contributed by atoms with Gasteiger partial charge in [0, 0.05) is 10.3 Å². The topological polar surface area (TPSA) is 35.2 Å². The van der Waals surface area contributed by atoms with Gasteiger partial charge in [-0.1, -0.05) is 35.9 Å². The number of hydrogen-bond acceptors (Lipinski definition) is 3. The van der Waals surface area contributed by atoms with E-state index in [1.807, 2.05) is 0 Å². The average Bonchev–Trinajstić information content (AvgIpc) is 2.90. The van der Waals surface area contributed by atoms with E-state index >= 15 is 0 Å². The SMILES string of the molecule is Cc1ccc(OCc2csc3ccccc23)c(CCN)c1. The molecule has 0 bridgehead atoms. The lowest BCUT2D eigenvalue weighted by atomic mass is 10.1. The number of ether oxygens (including phenoxy) is 1. The average molecular weight is 297 g/mol. The first kappa shape index (κ1) is 14.1. The molecule has 0 atom stereocenters. The summed E-state index contributed by atoms with van der Waals surface area (Å²) in [6.45, 7) is 3.34. The van der Waals surface area contributed by atoms with Crippen molar-refractivity contribution in [1.82, 2.24) is 0 Å². The van der Waals surface area contributed by atoms with Crippen molar-refractivity contribution >= 4 is 21.4 Å². The molecule has 0 amide bonds. The Balaban J connectivity index is 1.81. The largest absolute Gasteiger partial charge is 0.489 e. The molecule has 108 valence electrons. The lowest BCUT2D eigenvalue weighted by molar-refractivity contribution is 0.305. The Labute approximate surface area is 129 Å². The van der Waals surface area contributed by atoms with E-state index in [2.05, 4.69) is 54.8 Å². The Hall–Kier alpha value is -1.84. The minimum atomic E-state index is 0.602. The molecule has 2 aromatic carbocycles. The number of fused-ring (bicyclic) bond motifs is 1. The second-order valence-electron chi connectivity index (χ2n) is 5.20. The van der Waals surface area contributed by atoms with E-state index in [1.54, 1.807) is 11.3 Å². The number of thiophene rings is 1. The third kappa shape index (κ3) is 3.09. The predicted octanol–water partition coefficient (Wildman–Crippen LogP) is 4.29. The minimum absolute atomic E-state index is 0.602. The maximum absolute atomic E-state index is 6.05. The van der Waals surface area contributed by atoms with Crippen LogP contribution in [0.25, 0.3) is 10.1 Å². The summed E-state index contributed by atoms with van der Waals surface area (Å²) in [5.74, 6) is 0.946. The molecule has 2 N–H and O–H groups in total. The van der Waals surface area contributed by atoms with Crippen LogP contribution in [0.5, 0.6) is 5.75 Å². The minimum Gasteiger partial charge on any atom is -0.489 e. The Morgan fingerprint density at radius 1 is 1.10 bits per heavy atom. The number of hydrogen-bond donors (Lipinski definition) is 1. The van der Waals surface area contributed by atoms with Gasteiger partial charge in [0.05, 0.1) is 0 Å². The van der Waals surface area contributed by atoms with Crippen molar-refractivity contribution in [2.75, 3.05) is 6.54 Å². The van der Waals surface area contributed by atoms with Gasteiger partial charge in [-0.3, -0.25) is 0 Å². The third-order valence-electron chi connectivity index (χ3n) is 3.57. The molecule has 0 aliphatic carbocycles. The quantitative estimate of drug-likeness (QED) is 0.762. The fraction of sp³-hybridized carbons (Fsp3) is 0.222. The van der Waals surface area contributed by atoms with Crippen LogP contribution in [-0.4, -0.2) is 6.54 Å². The van der Waals surface area contributed by atoms with E-state index in [0.717, 1.165) is 12.2 Å². The van der Waals surface area contributed by atoms with Gasteiger partial charge >= 0.3 is 0 Å². The molecule has 0 unspecified atom stereocenters. The van der Waals surface area contributed by atoms with E-state index in [0.29, 0.717) is 13.2 Å². The van der Waals surface area contributed by atoms with Crippen molar-refractivity contribution in [2.24, 2.45) is 5.73 Å². The summed E-state index contributed by atoms with van der Waals surface area (Å²) in [4.78, 5) is 0. The summed E-state index contributed by atoms with van der Waals surface area (Å²) in [5.41, 5.74) is 9.37. The lowest BCUT2D eigenvalue weighted by Crippen LogP contribution is -2.05. The van der Waals surface area contributed by atoms with E-state index < -0.39 is 0 Å². The van der Waals surface area contributed by atoms with Crippen LogP contribution in [0.1, 0.15) is 16.7 Å². The molecule has 0 radical (unpaired) electrons. The zero-order chi connectivity index (χ0) is 14.7. The van der Waals surface area contributed by atoms with Crippen molar-refractivity contribution < 1.29 is 4.74 Å². The summed E-state index contributed by atoms with van der Waals surface area (Å²) < 4.78 is 7.36. The first-order valence-corrected chi connectivity index (χ1v) is 8.03. The molecule has 1 heterocycles. The highest BCUT2D eigenvalue weighted by Crippen LogP contribution is 2.28. The molecule has 0 spiro atoms. The Kier molecular flexibility index (Phi) is 4.23. The maximum atomic E-state index is 6.05. The van der Waals surface area contributed by atoms with Crippen molar-refractivity contribution in [2.45, 2.75) is 20.0 Å². The van der Waals surface area contributed by atoms with Crippen LogP contribution in [0.2, 0.25) is 0 Å². The van der Waals surface area contributed by atoms with Gasteiger partial charge in [-0.05, 0) is 48.4 Å². The smallest absolute Gasteiger partial charge is 0.123 e. The molecule has 0 fully saturated rings. The lowest BCUT2D eigenvalue weighted by Gasteiger charge is -2.11. The van der Waals surface area contributed by atoms with Gasteiger partial charge in [0.1, 0.15) is 12.4 Å². The molecule has 0 saturated heterocycles. The van der Waals surface area contributed by atoms with Gasteiger partial charge in [-0.25, -0.2) is 0 Å². The number of benzene rings is 2. The molecule has 2 nitrogen and oxygen atoms in total. The van der Waals surface area contributed by atoms with Crippen molar-refractivity contribution in [3.05, 3.63) is 64.5 Å². The van der Waals surface area contributed by atoms with Crippen LogP contribution in [-0.2, 0) is 13.0 Å². The summed E-state index contributed by atoms with van der Waals surface area (Å²) >= 11 is 1.77. The van der Waals surface area contributed by atoms with E-state index in [9.17, 15) is 0 Å². The van der Waals surface area contributed by atoms with Crippen LogP contribution >= 0.6 is 11.3 Å². The van der Waals surface area contributed by atoms with E-state index in [-0.39, 0.29) is 0 Å². The van der Waals surface area contributed by atoms with E-state index in [1.165, 1.54) is 26.8 Å². The van der Waals surface area contributed by atoms with Crippen molar-refractivity contribution in [3.63, 3.8) is 0 Å². The third-order valence-corrected chi connectivity index (χ3v) is 4.59. The summed E-state index contributed by atoms with van der Waals surface area (Å²) in [6.07, 6.45) is 0.849. The van der Waals surface area contributed by atoms with Crippen molar-refractivity contribution in [1.29, 1.82) is 0 Å². The summed E-state index contributed by atoms with van der Waals surface area (Å²) in [5, 5.41) is 3.47. The standard InChI is InChI=1S/C18H19NOS/c1-13-6-7-17(14(10-13)8-9-19)20-11-15-12-21-18-5-3-2-4-16(15)18/h2-7,10,12H,8-9,11,19H2,1H3. The summed E-state index contributed by atoms with van der Waals surface area (Å²) in [6, 6.07) is 14.7. The number of nitrogens with two attached hydrogens (primary N) is 1. The molecule has 1 aromatic heterocycles. The van der Waals surface area contributed by atoms with Crippen LogP contribution in [0.3, 0.4) is 0 Å². The first-order chi connectivity index (χ1) is 10.3. The second-order valence-corrected chi connectivity index (χ2v) is 6.11. The molecule has 3 heteroatoms. The zero-order valence-electron chi connectivity index (χ0n) is 12.1. The fourth-order valence-corrected chi connectivity index (χ4v) is 3.45. The summed E-state index contributed by atoms with van der Waals surface area (Å²) in [7, 11) is 0. The van der Waals surface area contributed by atoms with Crippen LogP contribution < -0.4 is 10.5 Å². The molecule has 0 aliphatic heterocycles. The normalized spacial score (nSPS) is 11.0. The van der Waals surface area contributed by atoms with Gasteiger partial charge in [0.2, 0.25) is 0 Å². The van der Waals surface area contributed by atoms with Gasteiger partial charge in [0.15, 0.2) is 0 Å². The number of rotatable bonds is 5. The monoisotopic (exact) mass is 297 g/mol. The first-order valence-electron chi connectivity index (χ1n) is 7.15. The molecule has 3 rings (SSSR count). The van der Waals surface area contributed by atoms with Gasteiger partial charge in [-0.15, -0.1) is 11.3 Å². The Morgan fingerprint density at radius 2 is 1.95 bits per heavy atom. The highest BCUT2D eigenvalue weighted by molar-refractivity contribution is 7.17. The molecule has 21 heavy (non-hydrogen) atoms. The highest BCUT2D eigenvalue weighted by Gasteiger charge is 2.07. The predicted molar refractivity (Wildman–Crippen MR) is 90.1 cm³/mol. The van der Waals surface area contributed by atoms with Gasteiger partial charge in [0.25, 0.3) is 0 Å². The van der Waals surface area contributed by atoms with E-state index in [4.69, 9.17) is 10.5 Å². The highest BCUT2D eigenvalue weighted by atomic mass is 32.1.